The van der Waals surface area contributed by atoms with Crippen molar-refractivity contribution < 1.29 is 28.7 Å². The predicted molar refractivity (Wildman–Crippen MR) is 126 cm³/mol. The van der Waals surface area contributed by atoms with Crippen LogP contribution in [-0.4, -0.2) is 48.9 Å². The summed E-state index contributed by atoms with van der Waals surface area (Å²) in [5.41, 5.74) is 0.470. The third-order valence-electron chi connectivity index (χ3n) is 5.14. The van der Waals surface area contributed by atoms with Crippen LogP contribution >= 0.6 is 0 Å². The minimum Gasteiger partial charge on any atom is -0.497 e. The van der Waals surface area contributed by atoms with E-state index in [0.29, 0.717) is 12.8 Å². The number of hydrogen-bond acceptors (Lipinski definition) is 6. The van der Waals surface area contributed by atoms with Crippen molar-refractivity contribution in [3.63, 3.8) is 0 Å². The van der Waals surface area contributed by atoms with Gasteiger partial charge in [-0.25, -0.2) is 0 Å². The summed E-state index contributed by atoms with van der Waals surface area (Å²) in [4.78, 5) is 49.1. The van der Waals surface area contributed by atoms with Crippen LogP contribution in [0.2, 0.25) is 0 Å². The maximum absolute atomic E-state index is 12.6. The van der Waals surface area contributed by atoms with E-state index in [2.05, 4.69) is 10.6 Å². The van der Waals surface area contributed by atoms with Gasteiger partial charge in [0.15, 0.2) is 0 Å². The minimum absolute atomic E-state index is 0.106. The Balaban J connectivity index is 2.51. The summed E-state index contributed by atoms with van der Waals surface area (Å²) in [6.07, 6.45) is 2.84. The number of ether oxygens (including phenoxy) is 2. The molecule has 2 N–H and O–H groups in total. The lowest BCUT2D eigenvalue weighted by molar-refractivity contribution is -0.154. The molecule has 0 unspecified atom stereocenters. The Hall–Kier alpha value is -2.90. The van der Waals surface area contributed by atoms with Crippen LogP contribution in [0.3, 0.4) is 0 Å². The van der Waals surface area contributed by atoms with Crippen LogP contribution in [0.15, 0.2) is 24.3 Å². The average molecular weight is 463 g/mol. The number of esters is 1. The second kappa shape index (κ2) is 13.6. The molecule has 1 aromatic carbocycles. The Bertz CT molecular complexity index is 798. The summed E-state index contributed by atoms with van der Waals surface area (Å²) >= 11 is 0. The maximum Gasteiger partial charge on any atom is 0.325 e. The fourth-order valence-corrected chi connectivity index (χ4v) is 3.09. The Labute approximate surface area is 196 Å². The van der Waals surface area contributed by atoms with Crippen LogP contribution in [0.25, 0.3) is 0 Å². The van der Waals surface area contributed by atoms with Crippen LogP contribution in [0.1, 0.15) is 65.9 Å². The van der Waals surface area contributed by atoms with Gasteiger partial charge < -0.3 is 20.1 Å². The van der Waals surface area contributed by atoms with E-state index in [1.54, 1.807) is 34.8 Å². The maximum atomic E-state index is 12.6. The molecule has 0 fully saturated rings. The highest BCUT2D eigenvalue weighted by molar-refractivity contribution is 6.36. The molecular weight excluding hydrogens is 424 g/mol. The van der Waals surface area contributed by atoms with Crippen molar-refractivity contribution in [3.8, 4) is 5.75 Å². The SMILES string of the molecule is CC[C@H](C)[C@H](NC(=O)C(=O)CCCCc1ccc(OC)cc1)C(=O)NCC(=O)OC(C)(C)C. The van der Waals surface area contributed by atoms with E-state index in [1.807, 2.05) is 31.2 Å². The second-order valence-corrected chi connectivity index (χ2v) is 9.12. The van der Waals surface area contributed by atoms with Crippen molar-refractivity contribution >= 4 is 23.6 Å². The van der Waals surface area contributed by atoms with Gasteiger partial charge in [0.1, 0.15) is 23.9 Å². The first kappa shape index (κ1) is 28.1. The van der Waals surface area contributed by atoms with E-state index >= 15 is 0 Å². The number of unbranched alkanes of at least 4 members (excludes halogenated alkanes) is 1. The summed E-state index contributed by atoms with van der Waals surface area (Å²) in [5.74, 6) is -1.85. The van der Waals surface area contributed by atoms with Gasteiger partial charge in [0.05, 0.1) is 7.11 Å². The summed E-state index contributed by atoms with van der Waals surface area (Å²) in [5, 5.41) is 5.04. The molecule has 8 nitrogen and oxygen atoms in total. The monoisotopic (exact) mass is 462 g/mol. The van der Waals surface area contributed by atoms with Gasteiger partial charge in [0.25, 0.3) is 5.91 Å². The number of aryl methyl sites for hydroxylation is 1. The van der Waals surface area contributed by atoms with Crippen LogP contribution < -0.4 is 15.4 Å². The molecule has 8 heteroatoms. The van der Waals surface area contributed by atoms with Gasteiger partial charge in [0.2, 0.25) is 11.7 Å². The molecule has 0 aliphatic carbocycles. The van der Waals surface area contributed by atoms with Crippen LogP contribution in [-0.2, 0) is 30.3 Å². The zero-order valence-corrected chi connectivity index (χ0v) is 20.7. The zero-order valence-electron chi connectivity index (χ0n) is 20.7. The van der Waals surface area contributed by atoms with Crippen molar-refractivity contribution in [3.05, 3.63) is 29.8 Å². The molecule has 2 amide bonds. The molecule has 0 radical (unpaired) electrons. The Morgan fingerprint density at radius 3 is 2.21 bits per heavy atom. The first-order chi connectivity index (χ1) is 15.5. The highest BCUT2D eigenvalue weighted by Crippen LogP contribution is 2.14. The predicted octanol–water partition coefficient (Wildman–Crippen LogP) is 2.97. The van der Waals surface area contributed by atoms with Crippen LogP contribution in [0.5, 0.6) is 5.75 Å². The lowest BCUT2D eigenvalue weighted by Crippen LogP contribution is -2.52. The summed E-state index contributed by atoms with van der Waals surface area (Å²) in [6, 6.07) is 6.81. The van der Waals surface area contributed by atoms with Gasteiger partial charge >= 0.3 is 5.97 Å². The minimum atomic E-state index is -0.909. The number of carbonyl (C=O) groups excluding carboxylic acids is 4. The zero-order chi connectivity index (χ0) is 25.0. The molecule has 0 aliphatic rings. The fourth-order valence-electron chi connectivity index (χ4n) is 3.09. The van der Waals surface area contributed by atoms with Gasteiger partial charge in [-0.2, -0.15) is 0 Å². The second-order valence-electron chi connectivity index (χ2n) is 9.12. The number of methoxy groups -OCH3 is 1. The smallest absolute Gasteiger partial charge is 0.325 e. The molecular formula is C25H38N2O6. The highest BCUT2D eigenvalue weighted by Gasteiger charge is 2.28. The topological polar surface area (TPSA) is 111 Å². The summed E-state index contributed by atoms with van der Waals surface area (Å²) in [6.45, 7) is 8.58. The number of amides is 2. The Morgan fingerprint density at radius 1 is 1.03 bits per heavy atom. The van der Waals surface area contributed by atoms with Crippen LogP contribution in [0, 0.1) is 5.92 Å². The Morgan fingerprint density at radius 2 is 1.67 bits per heavy atom. The highest BCUT2D eigenvalue weighted by atomic mass is 16.6. The van der Waals surface area contributed by atoms with E-state index in [4.69, 9.17) is 9.47 Å². The lowest BCUT2D eigenvalue weighted by Gasteiger charge is -2.24. The molecule has 0 heterocycles. The van der Waals surface area contributed by atoms with E-state index in [1.165, 1.54) is 0 Å². The summed E-state index contributed by atoms with van der Waals surface area (Å²) in [7, 11) is 1.61. The number of nitrogens with one attached hydrogen (secondary N) is 2. The molecule has 0 aliphatic heterocycles. The van der Waals surface area contributed by atoms with Crippen LogP contribution in [0.4, 0.5) is 0 Å². The lowest BCUT2D eigenvalue weighted by atomic mass is 9.97. The van der Waals surface area contributed by atoms with Gasteiger partial charge in [-0.3, -0.25) is 19.2 Å². The van der Waals surface area contributed by atoms with E-state index in [-0.39, 0.29) is 18.9 Å². The third-order valence-corrected chi connectivity index (χ3v) is 5.14. The number of Topliss-reactive ketones (excluding diaryl/α,β-unsaturated/α-hetero) is 1. The molecule has 0 aromatic heterocycles. The standard InChI is InChI=1S/C25H38N2O6/c1-7-17(2)22(24(31)26-16-21(29)33-25(3,4)5)27-23(30)20(28)11-9-8-10-18-12-14-19(32-6)15-13-18/h12-15,17,22H,7-11,16H2,1-6H3,(H,26,31)(H,27,30)/t17-,22-/m0/s1. The number of rotatable bonds is 13. The summed E-state index contributed by atoms with van der Waals surface area (Å²) < 4.78 is 10.3. The number of carbonyl (C=O) groups is 4. The number of ketones is 1. The van der Waals surface area contributed by atoms with Crippen molar-refractivity contribution in [2.75, 3.05) is 13.7 Å². The molecule has 0 saturated heterocycles. The fraction of sp³-hybridized carbons (Fsp3) is 0.600. The average Bonchev–Trinajstić information content (AvgIpc) is 2.77. The van der Waals surface area contributed by atoms with Crippen molar-refractivity contribution in [1.29, 1.82) is 0 Å². The van der Waals surface area contributed by atoms with Gasteiger partial charge in [0, 0.05) is 6.42 Å². The first-order valence-electron chi connectivity index (χ1n) is 11.4. The normalized spacial score (nSPS) is 12.9. The largest absolute Gasteiger partial charge is 0.497 e. The van der Waals surface area contributed by atoms with Crippen molar-refractivity contribution in [2.45, 2.75) is 78.4 Å². The Kier molecular flexibility index (Phi) is 11.6. The molecule has 1 aromatic rings. The number of benzene rings is 1. The number of hydrogen-bond donors (Lipinski definition) is 2. The van der Waals surface area contributed by atoms with Gasteiger partial charge in [-0.15, -0.1) is 0 Å². The van der Waals surface area contributed by atoms with E-state index in [9.17, 15) is 19.2 Å². The quantitative estimate of drug-likeness (QED) is 0.265. The van der Waals surface area contributed by atoms with E-state index < -0.39 is 35.2 Å². The first-order valence-corrected chi connectivity index (χ1v) is 11.4. The van der Waals surface area contributed by atoms with Gasteiger partial charge in [-0.1, -0.05) is 32.4 Å². The molecule has 184 valence electrons. The molecule has 0 saturated carbocycles. The van der Waals surface area contributed by atoms with E-state index in [0.717, 1.165) is 24.2 Å². The van der Waals surface area contributed by atoms with Crippen molar-refractivity contribution in [1.82, 2.24) is 10.6 Å². The van der Waals surface area contributed by atoms with Gasteiger partial charge in [-0.05, 0) is 63.6 Å². The molecule has 0 spiro atoms. The third kappa shape index (κ3) is 11.0. The molecule has 1 rings (SSSR count). The molecule has 2 atom stereocenters. The molecule has 33 heavy (non-hydrogen) atoms. The molecule has 0 bridgehead atoms. The van der Waals surface area contributed by atoms with Crippen molar-refractivity contribution in [2.24, 2.45) is 5.92 Å².